The predicted molar refractivity (Wildman–Crippen MR) is 174 cm³/mol. The van der Waals surface area contributed by atoms with Gasteiger partial charge >= 0.3 is 12.2 Å². The number of likely N-dealkylation sites (tertiary alicyclic amines) is 1. The van der Waals surface area contributed by atoms with E-state index >= 15 is 4.39 Å². The highest BCUT2D eigenvalue weighted by Gasteiger charge is 2.43. The van der Waals surface area contributed by atoms with Gasteiger partial charge in [0.15, 0.2) is 0 Å². The third-order valence-electron chi connectivity index (χ3n) is 7.99. The maximum Gasteiger partial charge on any atom is 0.410 e. The molecule has 2 fully saturated rings. The van der Waals surface area contributed by atoms with E-state index in [2.05, 4.69) is 4.90 Å². The van der Waals surface area contributed by atoms with Crippen LogP contribution in [0.1, 0.15) is 47.1 Å². The lowest BCUT2D eigenvalue weighted by Crippen LogP contribution is -2.37. The SMILES string of the molecule is CN(Cc1cc(-c2ccccc2F)n(S(=O)(=O)c2cccc(N3CC4CN(C(=O)OC(C)(C)C)CC4C3)c2)c1)C(=O)OC(C)(C)C. The highest BCUT2D eigenvalue weighted by molar-refractivity contribution is 7.90. The van der Waals surface area contributed by atoms with Crippen LogP contribution < -0.4 is 4.90 Å². The fourth-order valence-corrected chi connectivity index (χ4v) is 7.39. The third-order valence-corrected chi connectivity index (χ3v) is 9.66. The van der Waals surface area contributed by atoms with Gasteiger partial charge in [0.25, 0.3) is 10.0 Å². The molecule has 2 aliphatic rings. The number of benzene rings is 2. The van der Waals surface area contributed by atoms with Gasteiger partial charge in [-0.3, -0.25) is 0 Å². The van der Waals surface area contributed by atoms with Gasteiger partial charge in [-0.1, -0.05) is 18.2 Å². The summed E-state index contributed by atoms with van der Waals surface area (Å²) >= 11 is 0. The molecular formula is C34H43FN4O6S. The first kappa shape index (κ1) is 33.3. The van der Waals surface area contributed by atoms with Crippen molar-refractivity contribution >= 4 is 27.9 Å². The van der Waals surface area contributed by atoms with Crippen molar-refractivity contribution in [2.45, 2.75) is 64.2 Å². The number of carbonyl (C=O) groups excluding carboxylic acids is 2. The monoisotopic (exact) mass is 654 g/mol. The van der Waals surface area contributed by atoms with E-state index in [0.29, 0.717) is 31.7 Å². The van der Waals surface area contributed by atoms with E-state index in [1.54, 1.807) is 63.1 Å². The summed E-state index contributed by atoms with van der Waals surface area (Å²) in [5.41, 5.74) is 0.254. The molecule has 2 aromatic carbocycles. The smallest absolute Gasteiger partial charge is 0.410 e. The average Bonchev–Trinajstić information content (AvgIpc) is 3.66. The molecule has 1 aromatic heterocycles. The molecule has 3 aromatic rings. The quantitative estimate of drug-likeness (QED) is 0.312. The number of fused-ring (bicyclic) bond motifs is 1. The first-order valence-corrected chi connectivity index (χ1v) is 16.8. The van der Waals surface area contributed by atoms with E-state index in [1.807, 2.05) is 26.8 Å². The zero-order valence-electron chi connectivity index (χ0n) is 27.5. The molecule has 46 heavy (non-hydrogen) atoms. The van der Waals surface area contributed by atoms with Crippen molar-refractivity contribution in [1.29, 1.82) is 0 Å². The zero-order valence-corrected chi connectivity index (χ0v) is 28.3. The number of aromatic nitrogens is 1. The van der Waals surface area contributed by atoms with Gasteiger partial charge in [0.05, 0.1) is 17.1 Å². The van der Waals surface area contributed by atoms with Crippen molar-refractivity contribution in [2.75, 3.05) is 38.1 Å². The van der Waals surface area contributed by atoms with Crippen molar-refractivity contribution in [3.05, 3.63) is 72.2 Å². The number of nitrogens with zero attached hydrogens (tertiary/aromatic N) is 4. The summed E-state index contributed by atoms with van der Waals surface area (Å²) in [4.78, 5) is 30.5. The number of carbonyl (C=O) groups is 2. The van der Waals surface area contributed by atoms with E-state index in [9.17, 15) is 18.0 Å². The van der Waals surface area contributed by atoms with Crippen LogP contribution >= 0.6 is 0 Å². The van der Waals surface area contributed by atoms with Crippen LogP contribution in [0.4, 0.5) is 19.7 Å². The molecule has 2 atom stereocenters. The lowest BCUT2D eigenvalue weighted by molar-refractivity contribution is 0.0273. The Morgan fingerprint density at radius 1 is 0.891 bits per heavy atom. The first-order chi connectivity index (χ1) is 21.4. The molecule has 0 aliphatic carbocycles. The minimum Gasteiger partial charge on any atom is -0.444 e. The number of hydrogen-bond donors (Lipinski definition) is 0. The van der Waals surface area contributed by atoms with E-state index in [4.69, 9.17) is 9.47 Å². The molecule has 2 aliphatic heterocycles. The van der Waals surface area contributed by atoms with Gasteiger partial charge in [-0.25, -0.2) is 26.4 Å². The van der Waals surface area contributed by atoms with Gasteiger partial charge in [-0.15, -0.1) is 0 Å². The molecule has 2 unspecified atom stereocenters. The lowest BCUT2D eigenvalue weighted by Gasteiger charge is -2.26. The highest BCUT2D eigenvalue weighted by Crippen LogP contribution is 2.36. The van der Waals surface area contributed by atoms with Crippen LogP contribution in [0, 0.1) is 17.7 Å². The summed E-state index contributed by atoms with van der Waals surface area (Å²) in [5.74, 6) is -0.0781. The van der Waals surface area contributed by atoms with Gasteiger partial charge in [0, 0.05) is 62.5 Å². The van der Waals surface area contributed by atoms with Crippen LogP contribution in [0.25, 0.3) is 11.3 Å². The molecule has 10 nitrogen and oxygen atoms in total. The number of hydrogen-bond acceptors (Lipinski definition) is 7. The molecule has 0 N–H and O–H groups in total. The summed E-state index contributed by atoms with van der Waals surface area (Å²) in [6.45, 7) is 13.4. The van der Waals surface area contributed by atoms with Crippen molar-refractivity contribution < 1.29 is 31.9 Å². The van der Waals surface area contributed by atoms with Gasteiger partial charge < -0.3 is 24.2 Å². The average molecular weight is 655 g/mol. The third kappa shape index (κ3) is 7.32. The molecule has 2 saturated heterocycles. The predicted octanol–water partition coefficient (Wildman–Crippen LogP) is 6.20. The molecule has 0 bridgehead atoms. The molecular weight excluding hydrogens is 611 g/mol. The Kier molecular flexibility index (Phi) is 8.89. The van der Waals surface area contributed by atoms with E-state index in [0.717, 1.165) is 9.66 Å². The normalized spacial score (nSPS) is 18.4. The van der Waals surface area contributed by atoms with Gasteiger partial charge in [0.2, 0.25) is 0 Å². The Hall–Kier alpha value is -4.06. The Morgan fingerprint density at radius 3 is 2.13 bits per heavy atom. The van der Waals surface area contributed by atoms with Crippen LogP contribution in [0.15, 0.2) is 65.7 Å². The number of halogens is 1. The molecule has 5 rings (SSSR count). The second kappa shape index (κ2) is 12.3. The number of rotatable bonds is 6. The molecule has 2 amide bonds. The van der Waals surface area contributed by atoms with Crippen molar-refractivity contribution in [2.24, 2.45) is 11.8 Å². The second-order valence-electron chi connectivity index (χ2n) is 14.2. The Morgan fingerprint density at radius 2 is 1.52 bits per heavy atom. The minimum absolute atomic E-state index is 0.0514. The summed E-state index contributed by atoms with van der Waals surface area (Å²) in [7, 11) is -2.63. The minimum atomic E-state index is -4.19. The molecule has 3 heterocycles. The second-order valence-corrected chi connectivity index (χ2v) is 16.0. The Bertz CT molecular complexity index is 1710. The van der Waals surface area contributed by atoms with Crippen molar-refractivity contribution in [3.8, 4) is 11.3 Å². The van der Waals surface area contributed by atoms with Crippen LogP contribution in [0.2, 0.25) is 0 Å². The first-order valence-electron chi connectivity index (χ1n) is 15.4. The molecule has 12 heteroatoms. The van der Waals surface area contributed by atoms with Crippen LogP contribution in [-0.4, -0.2) is 78.8 Å². The number of ether oxygens (including phenoxy) is 2. The van der Waals surface area contributed by atoms with Gasteiger partial charge in [0.1, 0.15) is 17.0 Å². The summed E-state index contributed by atoms with van der Waals surface area (Å²) < 4.78 is 55.5. The molecule has 0 spiro atoms. The maximum atomic E-state index is 15.0. The zero-order chi connectivity index (χ0) is 33.6. The largest absolute Gasteiger partial charge is 0.444 e. The molecule has 0 radical (unpaired) electrons. The number of amides is 2. The topological polar surface area (TPSA) is 101 Å². The summed E-state index contributed by atoms with van der Waals surface area (Å²) in [5, 5.41) is 0. The molecule has 0 saturated carbocycles. The van der Waals surface area contributed by atoms with E-state index < -0.39 is 33.1 Å². The van der Waals surface area contributed by atoms with Crippen LogP contribution in [0.5, 0.6) is 0 Å². The summed E-state index contributed by atoms with van der Waals surface area (Å²) in [6.07, 6.45) is 0.555. The van der Waals surface area contributed by atoms with Gasteiger partial charge in [-0.05, 0) is 83.5 Å². The van der Waals surface area contributed by atoms with Gasteiger partial charge in [-0.2, -0.15) is 0 Å². The standard InChI is InChI=1S/C34H43FN4O6S/c1-33(2,3)44-31(40)36(7)17-23-15-30(28-13-8-9-14-29(28)35)39(18-23)46(42,43)27-12-10-11-26(16-27)37-19-24-21-38(22-25(24)20-37)32(41)45-34(4,5)6/h8-16,18,24-25H,17,19-22H2,1-7H3. The molecule has 248 valence electrons. The summed E-state index contributed by atoms with van der Waals surface area (Å²) in [6, 6.07) is 14.3. The van der Waals surface area contributed by atoms with Crippen LogP contribution in [0.3, 0.4) is 0 Å². The fraction of sp³-hybridized carbons (Fsp3) is 0.471. The van der Waals surface area contributed by atoms with Crippen molar-refractivity contribution in [3.63, 3.8) is 0 Å². The fourth-order valence-electron chi connectivity index (χ4n) is 5.96. The number of anilines is 1. The Labute approximate surface area is 270 Å². The van der Waals surface area contributed by atoms with Crippen molar-refractivity contribution in [1.82, 2.24) is 13.8 Å². The van der Waals surface area contributed by atoms with E-state index in [1.165, 1.54) is 29.3 Å². The van der Waals surface area contributed by atoms with E-state index in [-0.39, 0.29) is 40.6 Å². The highest BCUT2D eigenvalue weighted by atomic mass is 32.2. The Balaban J connectivity index is 1.40. The maximum absolute atomic E-state index is 15.0. The van der Waals surface area contributed by atoms with Crippen LogP contribution in [-0.2, 0) is 26.0 Å². The lowest BCUT2D eigenvalue weighted by atomic mass is 10.0.